The number of rotatable bonds is 2. The number of carbonyl (C=O) groups excluding carboxylic acids is 1. The molecule has 0 atom stereocenters. The van der Waals surface area contributed by atoms with Crippen molar-refractivity contribution in [2.75, 3.05) is 5.32 Å². The van der Waals surface area contributed by atoms with Gasteiger partial charge in [-0.05, 0) is 18.2 Å². The fourth-order valence-electron chi connectivity index (χ4n) is 1.59. The van der Waals surface area contributed by atoms with E-state index >= 15 is 0 Å². The number of H-pyrrole nitrogens is 2. The van der Waals surface area contributed by atoms with Crippen molar-refractivity contribution in [3.63, 3.8) is 0 Å². The van der Waals surface area contributed by atoms with Crippen LogP contribution in [0.1, 0.15) is 10.4 Å². The van der Waals surface area contributed by atoms with Gasteiger partial charge in [-0.3, -0.25) is 15.0 Å². The minimum atomic E-state index is -0.197. The van der Waals surface area contributed by atoms with Gasteiger partial charge < -0.3 is 5.32 Å². The van der Waals surface area contributed by atoms with Gasteiger partial charge in [-0.2, -0.15) is 10.2 Å². The van der Waals surface area contributed by atoms with Gasteiger partial charge in [0.05, 0.1) is 23.5 Å². The molecule has 0 aliphatic heterocycles. The molecule has 0 saturated carbocycles. The van der Waals surface area contributed by atoms with Crippen molar-refractivity contribution in [1.29, 1.82) is 0 Å². The molecule has 2 aromatic heterocycles. The number of carbonyl (C=O) groups is 1. The first kappa shape index (κ1) is 9.59. The van der Waals surface area contributed by atoms with E-state index in [0.717, 1.165) is 10.9 Å². The number of hydrogen-bond acceptors (Lipinski definition) is 3. The number of nitrogens with one attached hydrogen (secondary N) is 3. The van der Waals surface area contributed by atoms with E-state index in [9.17, 15) is 4.79 Å². The number of hydrogen-bond donors (Lipinski definition) is 3. The molecule has 3 N–H and O–H groups in total. The maximum Gasteiger partial charge on any atom is 0.258 e. The van der Waals surface area contributed by atoms with E-state index in [1.54, 1.807) is 12.4 Å². The molecule has 0 bridgehead atoms. The lowest BCUT2D eigenvalue weighted by atomic mass is 10.2. The lowest BCUT2D eigenvalue weighted by molar-refractivity contribution is 0.102. The summed E-state index contributed by atoms with van der Waals surface area (Å²) < 4.78 is 0. The predicted octanol–water partition coefficient (Wildman–Crippen LogP) is 1.54. The summed E-state index contributed by atoms with van der Waals surface area (Å²) in [4.78, 5) is 11.8. The molecule has 3 aromatic rings. The van der Waals surface area contributed by atoms with Gasteiger partial charge in [0.2, 0.25) is 0 Å². The lowest BCUT2D eigenvalue weighted by Gasteiger charge is -2.02. The zero-order valence-corrected chi connectivity index (χ0v) is 8.77. The van der Waals surface area contributed by atoms with E-state index in [-0.39, 0.29) is 5.91 Å². The number of nitrogens with zero attached hydrogens (tertiary/aromatic N) is 2. The highest BCUT2D eigenvalue weighted by Gasteiger charge is 2.07. The number of amides is 1. The fraction of sp³-hybridized carbons (Fsp3) is 0. The molecule has 0 aliphatic carbocycles. The average Bonchev–Trinajstić information content (AvgIpc) is 2.99. The van der Waals surface area contributed by atoms with Gasteiger partial charge in [0.25, 0.3) is 5.91 Å². The number of aromatic amines is 2. The van der Waals surface area contributed by atoms with E-state index in [4.69, 9.17) is 0 Å². The van der Waals surface area contributed by atoms with Crippen molar-refractivity contribution < 1.29 is 4.79 Å². The number of benzene rings is 1. The summed E-state index contributed by atoms with van der Waals surface area (Å²) in [6.45, 7) is 0. The Labute approximate surface area is 96.0 Å². The summed E-state index contributed by atoms with van der Waals surface area (Å²) in [5.74, 6) is -0.197. The molecule has 6 heteroatoms. The van der Waals surface area contributed by atoms with Crippen molar-refractivity contribution in [3.8, 4) is 0 Å². The van der Waals surface area contributed by atoms with Gasteiger partial charge in [-0.25, -0.2) is 0 Å². The molecule has 0 fully saturated rings. The summed E-state index contributed by atoms with van der Waals surface area (Å²) in [5, 5.41) is 16.9. The van der Waals surface area contributed by atoms with Gasteiger partial charge in [0.15, 0.2) is 0 Å². The van der Waals surface area contributed by atoms with E-state index in [2.05, 4.69) is 25.7 Å². The lowest BCUT2D eigenvalue weighted by Crippen LogP contribution is -2.10. The summed E-state index contributed by atoms with van der Waals surface area (Å²) in [7, 11) is 0. The zero-order chi connectivity index (χ0) is 11.7. The van der Waals surface area contributed by atoms with Crippen molar-refractivity contribution >= 4 is 22.5 Å². The van der Waals surface area contributed by atoms with Gasteiger partial charge in [0.1, 0.15) is 0 Å². The molecule has 3 rings (SSSR count). The standard InChI is InChI=1S/C11H9N5O/c17-11(8-5-12-13-6-8)15-9-2-1-7-4-14-16-10(7)3-9/h1-6H,(H,12,13)(H,14,16)(H,15,17). The van der Waals surface area contributed by atoms with Crippen LogP contribution in [0.15, 0.2) is 36.8 Å². The molecule has 84 valence electrons. The molecule has 1 amide bonds. The van der Waals surface area contributed by atoms with E-state index in [0.29, 0.717) is 11.3 Å². The van der Waals surface area contributed by atoms with Crippen LogP contribution in [0.3, 0.4) is 0 Å². The molecule has 0 aliphatic rings. The van der Waals surface area contributed by atoms with E-state index in [1.165, 1.54) is 6.20 Å². The minimum Gasteiger partial charge on any atom is -0.322 e. The summed E-state index contributed by atoms with van der Waals surface area (Å²) in [6, 6.07) is 5.56. The third kappa shape index (κ3) is 1.76. The molecule has 0 spiro atoms. The Balaban J connectivity index is 1.87. The van der Waals surface area contributed by atoms with Gasteiger partial charge in [-0.1, -0.05) is 0 Å². The van der Waals surface area contributed by atoms with Crippen LogP contribution in [0.25, 0.3) is 10.9 Å². The van der Waals surface area contributed by atoms with Gasteiger partial charge in [-0.15, -0.1) is 0 Å². The van der Waals surface area contributed by atoms with Crippen LogP contribution < -0.4 is 5.32 Å². The summed E-state index contributed by atoms with van der Waals surface area (Å²) in [5.41, 5.74) is 2.10. The first-order valence-electron chi connectivity index (χ1n) is 5.06. The minimum absolute atomic E-state index is 0.197. The van der Waals surface area contributed by atoms with E-state index < -0.39 is 0 Å². The molecular weight excluding hydrogens is 218 g/mol. The summed E-state index contributed by atoms with van der Waals surface area (Å²) >= 11 is 0. The van der Waals surface area contributed by atoms with Gasteiger partial charge in [0, 0.05) is 17.3 Å². The second-order valence-electron chi connectivity index (χ2n) is 3.61. The highest BCUT2D eigenvalue weighted by molar-refractivity contribution is 6.04. The summed E-state index contributed by atoms with van der Waals surface area (Å²) in [6.07, 6.45) is 4.76. The average molecular weight is 227 g/mol. The van der Waals surface area contributed by atoms with E-state index in [1.807, 2.05) is 18.2 Å². The normalized spacial score (nSPS) is 10.6. The predicted molar refractivity (Wildman–Crippen MR) is 62.6 cm³/mol. The number of aromatic nitrogens is 4. The Kier molecular flexibility index (Phi) is 2.11. The van der Waals surface area contributed by atoms with Crippen LogP contribution in [0.5, 0.6) is 0 Å². The Morgan fingerprint density at radius 3 is 3.00 bits per heavy atom. The van der Waals surface area contributed by atoms with Crippen molar-refractivity contribution in [3.05, 3.63) is 42.4 Å². The van der Waals surface area contributed by atoms with Crippen molar-refractivity contribution in [2.24, 2.45) is 0 Å². The zero-order valence-electron chi connectivity index (χ0n) is 8.77. The molecule has 0 unspecified atom stereocenters. The maximum atomic E-state index is 11.8. The SMILES string of the molecule is O=C(Nc1ccc2cn[nH]c2c1)c1cn[nH]c1. The van der Waals surface area contributed by atoms with Crippen molar-refractivity contribution in [1.82, 2.24) is 20.4 Å². The molecule has 1 aromatic carbocycles. The Morgan fingerprint density at radius 1 is 1.24 bits per heavy atom. The first-order chi connectivity index (χ1) is 8.33. The van der Waals surface area contributed by atoms with Crippen LogP contribution in [0.4, 0.5) is 5.69 Å². The Bertz CT molecular complexity index is 655. The molecule has 17 heavy (non-hydrogen) atoms. The monoisotopic (exact) mass is 227 g/mol. The quantitative estimate of drug-likeness (QED) is 0.620. The third-order valence-corrected chi connectivity index (χ3v) is 2.46. The largest absolute Gasteiger partial charge is 0.322 e. The second kappa shape index (κ2) is 3.75. The highest BCUT2D eigenvalue weighted by atomic mass is 16.1. The van der Waals surface area contributed by atoms with Crippen LogP contribution >= 0.6 is 0 Å². The Morgan fingerprint density at radius 2 is 2.18 bits per heavy atom. The smallest absolute Gasteiger partial charge is 0.258 e. The molecule has 6 nitrogen and oxygen atoms in total. The van der Waals surface area contributed by atoms with Gasteiger partial charge >= 0.3 is 0 Å². The van der Waals surface area contributed by atoms with Crippen LogP contribution in [0, 0.1) is 0 Å². The molecule has 0 radical (unpaired) electrons. The third-order valence-electron chi connectivity index (χ3n) is 2.46. The second-order valence-corrected chi connectivity index (χ2v) is 3.61. The van der Waals surface area contributed by atoms with Crippen LogP contribution in [0.2, 0.25) is 0 Å². The number of anilines is 1. The highest BCUT2D eigenvalue weighted by Crippen LogP contribution is 2.17. The topological polar surface area (TPSA) is 86.5 Å². The fourth-order valence-corrected chi connectivity index (χ4v) is 1.59. The molecule has 0 saturated heterocycles. The molecular formula is C11H9N5O. The van der Waals surface area contributed by atoms with Crippen LogP contribution in [-0.4, -0.2) is 26.3 Å². The van der Waals surface area contributed by atoms with Crippen LogP contribution in [-0.2, 0) is 0 Å². The van der Waals surface area contributed by atoms with Crippen molar-refractivity contribution in [2.45, 2.75) is 0 Å². The number of fused-ring (bicyclic) bond motifs is 1. The Hall–Kier alpha value is -2.63. The molecule has 2 heterocycles. The first-order valence-corrected chi connectivity index (χ1v) is 5.06. The maximum absolute atomic E-state index is 11.8.